The summed E-state index contributed by atoms with van der Waals surface area (Å²) in [7, 11) is 0. The SMILES string of the molecule is Cc1nc(NCc2cccc(C=O)c2)nc(N[C@@H]2C[C@H](CO)[C@H]3OC(C)(C)O[C@H]32)c1-c1nc2ccccc2s1. The molecule has 0 unspecified atom stereocenters. The van der Waals surface area contributed by atoms with Crippen LogP contribution in [0.25, 0.3) is 20.8 Å². The second-order valence-electron chi connectivity index (χ2n) is 10.6. The van der Waals surface area contributed by atoms with E-state index in [0.717, 1.165) is 38.3 Å². The molecule has 2 aromatic carbocycles. The van der Waals surface area contributed by atoms with E-state index in [1.165, 1.54) is 0 Å². The van der Waals surface area contributed by atoms with E-state index in [1.54, 1.807) is 17.4 Å². The molecule has 2 aromatic heterocycles. The number of thiazole rings is 1. The fourth-order valence-corrected chi connectivity index (χ4v) is 6.60. The Kier molecular flexibility index (Phi) is 6.80. The third-order valence-electron chi connectivity index (χ3n) is 7.27. The first-order valence-corrected chi connectivity index (χ1v) is 13.9. The van der Waals surface area contributed by atoms with Gasteiger partial charge in [0.15, 0.2) is 5.79 Å². The van der Waals surface area contributed by atoms with Crippen molar-refractivity contribution in [1.29, 1.82) is 0 Å². The first-order chi connectivity index (χ1) is 18.8. The first kappa shape index (κ1) is 25.8. The highest BCUT2D eigenvalue weighted by molar-refractivity contribution is 7.21. The summed E-state index contributed by atoms with van der Waals surface area (Å²) < 4.78 is 13.5. The summed E-state index contributed by atoms with van der Waals surface area (Å²) in [6, 6.07) is 15.4. The van der Waals surface area contributed by atoms with E-state index < -0.39 is 5.79 Å². The third kappa shape index (κ3) is 5.12. The number of carbonyl (C=O) groups is 1. The lowest BCUT2D eigenvalue weighted by atomic mass is 10.1. The molecule has 1 saturated carbocycles. The van der Waals surface area contributed by atoms with Crippen LogP contribution in [-0.2, 0) is 16.0 Å². The molecule has 4 atom stereocenters. The number of hydrogen-bond donors (Lipinski definition) is 3. The van der Waals surface area contributed by atoms with Gasteiger partial charge >= 0.3 is 0 Å². The highest BCUT2D eigenvalue weighted by atomic mass is 32.1. The molecule has 6 rings (SSSR count). The number of rotatable bonds is 8. The Morgan fingerprint density at radius 2 is 1.92 bits per heavy atom. The molecule has 1 aliphatic heterocycles. The Morgan fingerprint density at radius 3 is 2.72 bits per heavy atom. The van der Waals surface area contributed by atoms with Gasteiger partial charge in [-0.3, -0.25) is 4.79 Å². The van der Waals surface area contributed by atoms with Crippen molar-refractivity contribution in [2.24, 2.45) is 5.92 Å². The highest BCUT2D eigenvalue weighted by Gasteiger charge is 2.54. The third-order valence-corrected chi connectivity index (χ3v) is 8.33. The zero-order valence-corrected chi connectivity index (χ0v) is 22.9. The summed E-state index contributed by atoms with van der Waals surface area (Å²) in [4.78, 5) is 25.8. The number of hydrogen-bond acceptors (Lipinski definition) is 10. The van der Waals surface area contributed by atoms with Gasteiger partial charge in [0.1, 0.15) is 23.2 Å². The fourth-order valence-electron chi connectivity index (χ4n) is 5.53. The topological polar surface area (TPSA) is 118 Å². The van der Waals surface area contributed by atoms with Crippen LogP contribution in [0.4, 0.5) is 11.8 Å². The maximum absolute atomic E-state index is 11.2. The summed E-state index contributed by atoms with van der Waals surface area (Å²) in [5.41, 5.74) is 4.13. The van der Waals surface area contributed by atoms with E-state index in [4.69, 9.17) is 24.4 Å². The van der Waals surface area contributed by atoms with Gasteiger partial charge in [-0.05, 0) is 51.0 Å². The lowest BCUT2D eigenvalue weighted by molar-refractivity contribution is -0.158. The van der Waals surface area contributed by atoms with Crippen LogP contribution < -0.4 is 10.6 Å². The van der Waals surface area contributed by atoms with Crippen LogP contribution in [0, 0.1) is 12.8 Å². The second-order valence-corrected chi connectivity index (χ2v) is 11.6. The summed E-state index contributed by atoms with van der Waals surface area (Å²) in [5.74, 6) is 0.365. The largest absolute Gasteiger partial charge is 0.396 e. The number of ether oxygens (including phenoxy) is 2. The minimum atomic E-state index is -0.719. The molecule has 3 N–H and O–H groups in total. The monoisotopic (exact) mass is 545 g/mol. The smallest absolute Gasteiger partial charge is 0.225 e. The van der Waals surface area contributed by atoms with E-state index in [2.05, 4.69) is 16.7 Å². The molecule has 10 heteroatoms. The molecule has 0 amide bonds. The number of fused-ring (bicyclic) bond motifs is 2. The van der Waals surface area contributed by atoms with Gasteiger partial charge in [-0.2, -0.15) is 4.98 Å². The minimum Gasteiger partial charge on any atom is -0.396 e. The van der Waals surface area contributed by atoms with Gasteiger partial charge in [0, 0.05) is 24.6 Å². The van der Waals surface area contributed by atoms with Crippen LogP contribution in [0.3, 0.4) is 0 Å². The first-order valence-electron chi connectivity index (χ1n) is 13.1. The number of carbonyl (C=O) groups excluding carboxylic acids is 1. The van der Waals surface area contributed by atoms with Gasteiger partial charge < -0.3 is 25.2 Å². The predicted octanol–water partition coefficient (Wildman–Crippen LogP) is 4.80. The number of nitrogens with one attached hydrogen (secondary N) is 2. The lowest BCUT2D eigenvalue weighted by Gasteiger charge is -2.25. The zero-order chi connectivity index (χ0) is 27.1. The quantitative estimate of drug-likeness (QED) is 0.268. The van der Waals surface area contributed by atoms with Crippen molar-refractivity contribution in [3.05, 3.63) is 65.4 Å². The Balaban J connectivity index is 1.36. The molecule has 39 heavy (non-hydrogen) atoms. The van der Waals surface area contributed by atoms with Crippen LogP contribution >= 0.6 is 11.3 Å². The zero-order valence-electron chi connectivity index (χ0n) is 22.0. The number of aliphatic hydroxyl groups excluding tert-OH is 1. The molecular formula is C29H31N5O4S. The number of aryl methyl sites for hydroxylation is 1. The van der Waals surface area contributed by atoms with Crippen LogP contribution in [-0.4, -0.2) is 57.0 Å². The standard InChI is InChI=1S/C29H31N5O4S/c1-16-23(27-33-20-9-4-5-10-22(20)39-27)26(32-21-12-19(15-36)24-25(21)38-29(2,3)37-24)34-28(31-16)30-13-17-7-6-8-18(11-17)14-35/h4-11,14,19,21,24-25,36H,12-13,15H2,1-3H3,(H2,30,31,32,34)/t19-,21-,24-,25+/m1/s1. The lowest BCUT2D eigenvalue weighted by Crippen LogP contribution is -2.35. The van der Waals surface area contributed by atoms with E-state index in [0.29, 0.717) is 30.3 Å². The molecule has 0 bridgehead atoms. The number of anilines is 2. The summed E-state index contributed by atoms with van der Waals surface area (Å²) >= 11 is 1.60. The Labute approximate surface area is 230 Å². The van der Waals surface area contributed by atoms with Crippen molar-refractivity contribution in [1.82, 2.24) is 15.0 Å². The van der Waals surface area contributed by atoms with Gasteiger partial charge in [0.05, 0.1) is 33.6 Å². The van der Waals surface area contributed by atoms with Crippen molar-refractivity contribution < 1.29 is 19.4 Å². The number of aromatic nitrogens is 3. The molecule has 0 radical (unpaired) electrons. The van der Waals surface area contributed by atoms with Gasteiger partial charge in [-0.15, -0.1) is 11.3 Å². The van der Waals surface area contributed by atoms with E-state index in [1.807, 2.05) is 57.2 Å². The number of aliphatic hydroxyl groups is 1. The molecule has 3 heterocycles. The Hall–Kier alpha value is -3.44. The minimum absolute atomic E-state index is 0.0268. The molecule has 2 aliphatic rings. The number of para-hydroxylation sites is 1. The Morgan fingerprint density at radius 1 is 1.10 bits per heavy atom. The average Bonchev–Trinajstić information content (AvgIpc) is 3.58. The molecule has 1 saturated heterocycles. The maximum atomic E-state index is 11.2. The van der Waals surface area contributed by atoms with Crippen LogP contribution in [0.15, 0.2) is 48.5 Å². The molecule has 9 nitrogen and oxygen atoms in total. The van der Waals surface area contributed by atoms with Gasteiger partial charge in [-0.1, -0.05) is 30.3 Å². The van der Waals surface area contributed by atoms with E-state index in [-0.39, 0.29) is 30.8 Å². The van der Waals surface area contributed by atoms with E-state index in [9.17, 15) is 9.90 Å². The summed E-state index contributed by atoms with van der Waals surface area (Å²) in [6.07, 6.45) is 1.10. The summed E-state index contributed by atoms with van der Waals surface area (Å²) in [5, 5.41) is 17.8. The van der Waals surface area contributed by atoms with Crippen molar-refractivity contribution >= 4 is 39.6 Å². The predicted molar refractivity (Wildman–Crippen MR) is 151 cm³/mol. The normalized spacial score (nSPS) is 23.6. The summed E-state index contributed by atoms with van der Waals surface area (Å²) in [6.45, 7) is 6.25. The molecule has 4 aromatic rings. The van der Waals surface area contributed by atoms with Crippen molar-refractivity contribution in [2.75, 3.05) is 17.2 Å². The van der Waals surface area contributed by atoms with E-state index >= 15 is 0 Å². The second kappa shape index (κ2) is 10.3. The number of benzene rings is 2. The maximum Gasteiger partial charge on any atom is 0.225 e. The number of nitrogens with zero attached hydrogens (tertiary/aromatic N) is 3. The van der Waals surface area contributed by atoms with Crippen LogP contribution in [0.5, 0.6) is 0 Å². The van der Waals surface area contributed by atoms with Crippen molar-refractivity contribution in [3.63, 3.8) is 0 Å². The van der Waals surface area contributed by atoms with Crippen molar-refractivity contribution in [3.8, 4) is 10.6 Å². The van der Waals surface area contributed by atoms with Crippen molar-refractivity contribution in [2.45, 2.75) is 57.8 Å². The van der Waals surface area contributed by atoms with Gasteiger partial charge in [0.25, 0.3) is 0 Å². The van der Waals surface area contributed by atoms with Crippen LogP contribution in [0.1, 0.15) is 41.9 Å². The number of aldehydes is 1. The Bertz CT molecular complexity index is 1490. The van der Waals surface area contributed by atoms with Gasteiger partial charge in [-0.25, -0.2) is 9.97 Å². The molecule has 0 spiro atoms. The highest BCUT2D eigenvalue weighted by Crippen LogP contribution is 2.44. The average molecular weight is 546 g/mol. The fraction of sp³-hybridized carbons (Fsp3) is 0.379. The molecule has 2 fully saturated rings. The molecular weight excluding hydrogens is 514 g/mol. The molecule has 1 aliphatic carbocycles. The van der Waals surface area contributed by atoms with Gasteiger partial charge in [0.2, 0.25) is 5.95 Å². The molecule has 202 valence electrons. The van der Waals surface area contributed by atoms with Crippen LogP contribution in [0.2, 0.25) is 0 Å².